The number of hydrogen-bond donors (Lipinski definition) is 1. The van der Waals surface area contributed by atoms with Crippen molar-refractivity contribution >= 4 is 6.08 Å². The van der Waals surface area contributed by atoms with Crippen molar-refractivity contribution in [2.75, 3.05) is 6.61 Å². The van der Waals surface area contributed by atoms with Gasteiger partial charge in [-0.2, -0.15) is 8.78 Å². The highest BCUT2D eigenvalue weighted by molar-refractivity contribution is 5.56. The summed E-state index contributed by atoms with van der Waals surface area (Å²) in [4.78, 5) is 0. The van der Waals surface area contributed by atoms with E-state index in [0.29, 0.717) is 12.4 Å². The van der Waals surface area contributed by atoms with Crippen LogP contribution in [0.1, 0.15) is 19.4 Å². The van der Waals surface area contributed by atoms with Gasteiger partial charge in [0.05, 0.1) is 6.61 Å². The number of halogens is 2. The van der Waals surface area contributed by atoms with Gasteiger partial charge in [-0.3, -0.25) is 0 Å². The predicted molar refractivity (Wildman–Crippen MR) is 66.9 cm³/mol. The second kappa shape index (κ2) is 6.96. The van der Waals surface area contributed by atoms with E-state index in [1.807, 2.05) is 6.92 Å². The highest BCUT2D eigenvalue weighted by Gasteiger charge is 2.10. The number of hydrogen-bond acceptors (Lipinski definition) is 3. The SMILES string of the molecule is CCOc1cc(/C=C/C(C)N)ccc1OC(F)F. The molecular weight excluding hydrogens is 240 g/mol. The topological polar surface area (TPSA) is 44.5 Å². The Morgan fingerprint density at radius 2 is 2.06 bits per heavy atom. The number of ether oxygens (including phenoxy) is 2. The smallest absolute Gasteiger partial charge is 0.387 e. The zero-order valence-electron chi connectivity index (χ0n) is 10.4. The van der Waals surface area contributed by atoms with Crippen LogP contribution in [0, 0.1) is 0 Å². The molecule has 1 aromatic rings. The first kappa shape index (κ1) is 14.4. The van der Waals surface area contributed by atoms with E-state index < -0.39 is 6.61 Å². The zero-order valence-corrected chi connectivity index (χ0v) is 10.4. The molecule has 1 unspecified atom stereocenters. The van der Waals surface area contributed by atoms with E-state index >= 15 is 0 Å². The second-order valence-electron chi connectivity index (χ2n) is 3.74. The van der Waals surface area contributed by atoms with Gasteiger partial charge in [-0.15, -0.1) is 0 Å². The lowest BCUT2D eigenvalue weighted by atomic mass is 10.1. The van der Waals surface area contributed by atoms with Crippen LogP contribution in [0.25, 0.3) is 6.08 Å². The van der Waals surface area contributed by atoms with Crippen LogP contribution in [0.15, 0.2) is 24.3 Å². The third kappa shape index (κ3) is 4.71. The Bertz CT molecular complexity index is 406. The molecule has 0 fully saturated rings. The Balaban J connectivity index is 2.95. The molecule has 0 aromatic heterocycles. The molecule has 0 bridgehead atoms. The molecule has 0 aliphatic carbocycles. The first-order chi connectivity index (χ1) is 8.52. The number of nitrogens with two attached hydrogens (primary N) is 1. The van der Waals surface area contributed by atoms with E-state index in [2.05, 4.69) is 4.74 Å². The van der Waals surface area contributed by atoms with E-state index in [9.17, 15) is 8.78 Å². The second-order valence-corrected chi connectivity index (χ2v) is 3.74. The maximum atomic E-state index is 12.2. The normalized spacial score (nSPS) is 13.0. The van der Waals surface area contributed by atoms with Crippen molar-refractivity contribution in [2.45, 2.75) is 26.5 Å². The van der Waals surface area contributed by atoms with Crippen LogP contribution in [-0.2, 0) is 0 Å². The van der Waals surface area contributed by atoms with Crippen LogP contribution >= 0.6 is 0 Å². The van der Waals surface area contributed by atoms with Gasteiger partial charge in [0, 0.05) is 6.04 Å². The fourth-order valence-electron chi connectivity index (χ4n) is 1.35. The van der Waals surface area contributed by atoms with Gasteiger partial charge in [0.25, 0.3) is 0 Å². The minimum absolute atomic E-state index is 0.0322. The maximum Gasteiger partial charge on any atom is 0.387 e. The molecule has 1 atom stereocenters. The van der Waals surface area contributed by atoms with Crippen molar-refractivity contribution in [1.82, 2.24) is 0 Å². The van der Waals surface area contributed by atoms with Crippen LogP contribution in [0.2, 0.25) is 0 Å². The van der Waals surface area contributed by atoms with Gasteiger partial charge >= 0.3 is 6.61 Å². The Morgan fingerprint density at radius 3 is 2.61 bits per heavy atom. The molecular formula is C13H17F2NO2. The summed E-state index contributed by atoms with van der Waals surface area (Å²) in [6, 6.07) is 4.69. The summed E-state index contributed by atoms with van der Waals surface area (Å²) in [5.41, 5.74) is 6.41. The minimum Gasteiger partial charge on any atom is -0.490 e. The van der Waals surface area contributed by atoms with Gasteiger partial charge in [0.15, 0.2) is 11.5 Å². The molecule has 0 saturated carbocycles. The maximum absolute atomic E-state index is 12.2. The standard InChI is InChI=1S/C13H17F2NO2/c1-3-17-12-8-10(5-4-9(2)16)6-7-11(12)18-13(14)15/h4-9,13H,3,16H2,1-2H3/b5-4+. The molecule has 2 N–H and O–H groups in total. The zero-order chi connectivity index (χ0) is 13.5. The molecule has 1 aromatic carbocycles. The van der Waals surface area contributed by atoms with Crippen molar-refractivity contribution < 1.29 is 18.3 Å². The molecule has 0 aliphatic rings. The molecule has 1 rings (SSSR count). The lowest BCUT2D eigenvalue weighted by Crippen LogP contribution is -2.09. The van der Waals surface area contributed by atoms with Gasteiger partial charge in [-0.05, 0) is 31.5 Å². The summed E-state index contributed by atoms with van der Waals surface area (Å²) in [5, 5.41) is 0. The van der Waals surface area contributed by atoms with Crippen LogP contribution in [-0.4, -0.2) is 19.3 Å². The van der Waals surface area contributed by atoms with Gasteiger partial charge in [-0.25, -0.2) is 0 Å². The van der Waals surface area contributed by atoms with Crippen molar-refractivity contribution in [3.63, 3.8) is 0 Å². The molecule has 0 spiro atoms. The molecule has 0 amide bonds. The largest absolute Gasteiger partial charge is 0.490 e. The highest BCUT2D eigenvalue weighted by atomic mass is 19.3. The molecule has 0 radical (unpaired) electrons. The van der Waals surface area contributed by atoms with Crippen LogP contribution < -0.4 is 15.2 Å². The highest BCUT2D eigenvalue weighted by Crippen LogP contribution is 2.30. The van der Waals surface area contributed by atoms with E-state index in [1.165, 1.54) is 6.07 Å². The fourth-order valence-corrected chi connectivity index (χ4v) is 1.35. The van der Waals surface area contributed by atoms with Crippen molar-refractivity contribution in [2.24, 2.45) is 5.73 Å². The van der Waals surface area contributed by atoms with Crippen LogP contribution in [0.4, 0.5) is 8.78 Å². The van der Waals surface area contributed by atoms with Gasteiger partial charge in [0.2, 0.25) is 0 Å². The van der Waals surface area contributed by atoms with E-state index in [0.717, 1.165) is 5.56 Å². The average Bonchev–Trinajstić information content (AvgIpc) is 2.29. The summed E-state index contributed by atoms with van der Waals surface area (Å²) >= 11 is 0. The molecule has 5 heteroatoms. The molecule has 18 heavy (non-hydrogen) atoms. The molecule has 0 saturated heterocycles. The molecule has 3 nitrogen and oxygen atoms in total. The lowest BCUT2D eigenvalue weighted by Gasteiger charge is -2.11. The summed E-state index contributed by atoms with van der Waals surface area (Å²) in [7, 11) is 0. The summed E-state index contributed by atoms with van der Waals surface area (Å²) in [6.45, 7) is 1.12. The Kier molecular flexibility index (Phi) is 5.58. The van der Waals surface area contributed by atoms with Gasteiger partial charge in [-0.1, -0.05) is 18.2 Å². The third-order valence-corrected chi connectivity index (χ3v) is 2.08. The summed E-state index contributed by atoms with van der Waals surface area (Å²) < 4.78 is 34.0. The van der Waals surface area contributed by atoms with Crippen molar-refractivity contribution in [3.8, 4) is 11.5 Å². The van der Waals surface area contributed by atoms with E-state index in [1.54, 1.807) is 31.2 Å². The third-order valence-electron chi connectivity index (χ3n) is 2.08. The quantitative estimate of drug-likeness (QED) is 0.851. The molecule has 0 aliphatic heterocycles. The predicted octanol–water partition coefficient (Wildman–Crippen LogP) is 3.05. The minimum atomic E-state index is -2.87. The monoisotopic (exact) mass is 257 g/mol. The number of alkyl halides is 2. The Labute approximate surface area is 105 Å². The molecule has 0 heterocycles. The number of benzene rings is 1. The van der Waals surface area contributed by atoms with Crippen LogP contribution in [0.5, 0.6) is 11.5 Å². The molecule has 100 valence electrons. The van der Waals surface area contributed by atoms with Crippen molar-refractivity contribution in [3.05, 3.63) is 29.8 Å². The Hall–Kier alpha value is -1.62. The fraction of sp³-hybridized carbons (Fsp3) is 0.385. The first-order valence-corrected chi connectivity index (χ1v) is 5.68. The Morgan fingerprint density at radius 1 is 1.33 bits per heavy atom. The van der Waals surface area contributed by atoms with Crippen molar-refractivity contribution in [1.29, 1.82) is 0 Å². The summed E-state index contributed by atoms with van der Waals surface area (Å²) in [5.74, 6) is 0.328. The first-order valence-electron chi connectivity index (χ1n) is 5.68. The van der Waals surface area contributed by atoms with E-state index in [-0.39, 0.29) is 11.8 Å². The lowest BCUT2D eigenvalue weighted by molar-refractivity contribution is -0.0514. The average molecular weight is 257 g/mol. The van der Waals surface area contributed by atoms with Gasteiger partial charge in [0.1, 0.15) is 0 Å². The number of rotatable bonds is 6. The van der Waals surface area contributed by atoms with E-state index in [4.69, 9.17) is 10.5 Å². The summed E-state index contributed by atoms with van der Waals surface area (Å²) in [6.07, 6.45) is 3.61. The van der Waals surface area contributed by atoms with Crippen LogP contribution in [0.3, 0.4) is 0 Å². The van der Waals surface area contributed by atoms with Gasteiger partial charge < -0.3 is 15.2 Å².